The molecule has 0 bridgehead atoms. The Hall–Kier alpha value is -4.59. The van der Waals surface area contributed by atoms with Crippen molar-refractivity contribution in [2.24, 2.45) is 0 Å². The number of hydrogen-bond acceptors (Lipinski definition) is 5. The van der Waals surface area contributed by atoms with Crippen molar-refractivity contribution in [2.75, 3.05) is 22.5 Å². The van der Waals surface area contributed by atoms with Gasteiger partial charge >= 0.3 is 6.03 Å². The van der Waals surface area contributed by atoms with Gasteiger partial charge in [-0.3, -0.25) is 0 Å². The SMILES string of the molecule is Bc1c(-c2ccccc2)oc2ncnc(NCCc3ccc(NC(=O)Nc4ccccc4)cc3)c12. The van der Waals surface area contributed by atoms with Gasteiger partial charge in [0.1, 0.15) is 25.8 Å². The first-order valence-electron chi connectivity index (χ1n) is 11.4. The summed E-state index contributed by atoms with van der Waals surface area (Å²) in [7, 11) is 2.03. The molecule has 0 aliphatic rings. The molecule has 0 spiro atoms. The van der Waals surface area contributed by atoms with E-state index in [4.69, 9.17) is 4.42 Å². The zero-order valence-corrected chi connectivity index (χ0v) is 19.3. The minimum Gasteiger partial charge on any atom is -0.438 e. The van der Waals surface area contributed by atoms with Crippen LogP contribution in [-0.4, -0.2) is 30.4 Å². The predicted molar refractivity (Wildman–Crippen MR) is 143 cm³/mol. The Labute approximate surface area is 204 Å². The van der Waals surface area contributed by atoms with Crippen LogP contribution in [0.1, 0.15) is 5.56 Å². The molecule has 5 rings (SSSR count). The minimum absolute atomic E-state index is 0.274. The Morgan fingerprint density at radius 2 is 1.49 bits per heavy atom. The zero-order valence-electron chi connectivity index (χ0n) is 19.3. The van der Waals surface area contributed by atoms with Crippen molar-refractivity contribution < 1.29 is 9.21 Å². The lowest BCUT2D eigenvalue weighted by Crippen LogP contribution is -2.19. The van der Waals surface area contributed by atoms with E-state index in [0.717, 1.165) is 51.3 Å². The smallest absolute Gasteiger partial charge is 0.323 e. The number of carbonyl (C=O) groups excluding carboxylic acids is 1. The number of aromatic nitrogens is 2. The van der Waals surface area contributed by atoms with E-state index in [-0.39, 0.29) is 6.03 Å². The highest BCUT2D eigenvalue weighted by Gasteiger charge is 2.16. The molecule has 0 aliphatic heterocycles. The molecule has 0 atom stereocenters. The van der Waals surface area contributed by atoms with Crippen LogP contribution in [0.2, 0.25) is 0 Å². The average molecular weight is 461 g/mol. The van der Waals surface area contributed by atoms with Crippen LogP contribution in [0.25, 0.3) is 22.4 Å². The fourth-order valence-electron chi connectivity index (χ4n) is 3.97. The molecule has 0 fully saturated rings. The molecule has 35 heavy (non-hydrogen) atoms. The molecule has 7 nitrogen and oxygen atoms in total. The summed E-state index contributed by atoms with van der Waals surface area (Å²) in [6.45, 7) is 0.693. The second-order valence-corrected chi connectivity index (χ2v) is 8.14. The maximum absolute atomic E-state index is 12.2. The number of hydrogen-bond donors (Lipinski definition) is 3. The summed E-state index contributed by atoms with van der Waals surface area (Å²) < 4.78 is 6.04. The monoisotopic (exact) mass is 461 g/mol. The summed E-state index contributed by atoms with van der Waals surface area (Å²) in [5.41, 5.74) is 5.22. The summed E-state index contributed by atoms with van der Waals surface area (Å²) in [6, 6.07) is 26.9. The Morgan fingerprint density at radius 1 is 0.829 bits per heavy atom. The van der Waals surface area contributed by atoms with Crippen molar-refractivity contribution in [3.8, 4) is 11.3 Å². The third-order valence-electron chi connectivity index (χ3n) is 5.71. The first kappa shape index (κ1) is 22.2. The van der Waals surface area contributed by atoms with Crippen LogP contribution in [0.15, 0.2) is 95.7 Å². The number of carbonyl (C=O) groups is 1. The van der Waals surface area contributed by atoms with E-state index in [9.17, 15) is 4.79 Å². The molecule has 2 aromatic heterocycles. The number of benzene rings is 3. The largest absolute Gasteiger partial charge is 0.438 e. The van der Waals surface area contributed by atoms with Crippen LogP contribution in [0.5, 0.6) is 0 Å². The molecule has 3 N–H and O–H groups in total. The van der Waals surface area contributed by atoms with Gasteiger partial charge in [-0.2, -0.15) is 0 Å². The number of rotatable bonds is 7. The summed E-state index contributed by atoms with van der Waals surface area (Å²) in [5, 5.41) is 9.98. The Bertz CT molecular complexity index is 1440. The van der Waals surface area contributed by atoms with Crippen molar-refractivity contribution in [3.05, 3.63) is 96.8 Å². The molecule has 2 amide bonds. The molecule has 8 heteroatoms. The van der Waals surface area contributed by atoms with Crippen LogP contribution >= 0.6 is 0 Å². The van der Waals surface area contributed by atoms with Crippen molar-refractivity contribution in [3.63, 3.8) is 0 Å². The lowest BCUT2D eigenvalue weighted by Gasteiger charge is -2.09. The molecule has 0 aliphatic carbocycles. The van der Waals surface area contributed by atoms with Gasteiger partial charge in [-0.05, 0) is 41.7 Å². The topological polar surface area (TPSA) is 92.1 Å². The van der Waals surface area contributed by atoms with E-state index in [1.165, 1.54) is 6.33 Å². The van der Waals surface area contributed by atoms with Gasteiger partial charge < -0.3 is 20.4 Å². The summed E-state index contributed by atoms with van der Waals surface area (Å²) in [6.07, 6.45) is 2.31. The Kier molecular flexibility index (Phi) is 6.43. The van der Waals surface area contributed by atoms with Gasteiger partial charge in [0, 0.05) is 23.5 Å². The molecular weight excluding hydrogens is 437 g/mol. The second kappa shape index (κ2) is 10.1. The van der Waals surface area contributed by atoms with Gasteiger partial charge in [-0.15, -0.1) is 0 Å². The van der Waals surface area contributed by atoms with Gasteiger partial charge in [0.05, 0.1) is 5.39 Å². The van der Waals surface area contributed by atoms with Crippen LogP contribution in [0.3, 0.4) is 0 Å². The molecule has 5 aromatic rings. The molecule has 0 radical (unpaired) electrons. The van der Waals surface area contributed by atoms with E-state index < -0.39 is 0 Å². The number of nitrogens with zero attached hydrogens (tertiary/aromatic N) is 2. The normalized spacial score (nSPS) is 10.7. The highest BCUT2D eigenvalue weighted by molar-refractivity contribution is 6.42. The van der Waals surface area contributed by atoms with Gasteiger partial charge in [-0.1, -0.05) is 60.7 Å². The summed E-state index contributed by atoms with van der Waals surface area (Å²) >= 11 is 0. The predicted octanol–water partition coefficient (Wildman–Crippen LogP) is 4.45. The van der Waals surface area contributed by atoms with Crippen LogP contribution < -0.4 is 21.4 Å². The van der Waals surface area contributed by atoms with Crippen LogP contribution in [-0.2, 0) is 6.42 Å². The highest BCUT2D eigenvalue weighted by atomic mass is 16.3. The van der Waals surface area contributed by atoms with E-state index in [2.05, 4.69) is 25.9 Å². The second-order valence-electron chi connectivity index (χ2n) is 8.14. The van der Waals surface area contributed by atoms with Crippen molar-refractivity contribution >= 4 is 47.6 Å². The number of fused-ring (bicyclic) bond motifs is 1. The first-order chi connectivity index (χ1) is 17.2. The van der Waals surface area contributed by atoms with Crippen LogP contribution in [0, 0.1) is 0 Å². The summed E-state index contributed by atoms with van der Waals surface area (Å²) in [5.74, 6) is 1.57. The van der Waals surface area contributed by atoms with Gasteiger partial charge in [0.15, 0.2) is 0 Å². The number of furan rings is 1. The molecular formula is C27H24BN5O2. The number of urea groups is 1. The molecule has 172 valence electrons. The third kappa shape index (κ3) is 5.17. The fraction of sp³-hybridized carbons (Fsp3) is 0.0741. The van der Waals surface area contributed by atoms with Gasteiger partial charge in [-0.25, -0.2) is 14.8 Å². The van der Waals surface area contributed by atoms with E-state index in [0.29, 0.717) is 12.3 Å². The standard InChI is InChI=1S/C27H24BN5O2/c28-23-22-25(30-17-31-26(22)35-24(23)19-7-3-1-4-8-19)29-16-15-18-11-13-21(14-12-18)33-27(34)32-20-9-5-2-6-10-20/h1-14,17H,15-16,28H2,(H,29,30,31)(H2,32,33,34). The lowest BCUT2D eigenvalue weighted by molar-refractivity contribution is 0.262. The quantitative estimate of drug-likeness (QED) is 0.312. The molecule has 2 heterocycles. The fourth-order valence-corrected chi connectivity index (χ4v) is 3.97. The van der Waals surface area contributed by atoms with E-state index in [1.54, 1.807) is 0 Å². The highest BCUT2D eigenvalue weighted by Crippen LogP contribution is 2.27. The van der Waals surface area contributed by atoms with E-state index in [1.807, 2.05) is 92.8 Å². The average Bonchev–Trinajstić information content (AvgIpc) is 3.23. The lowest BCUT2D eigenvalue weighted by atomic mass is 9.90. The maximum Gasteiger partial charge on any atom is 0.323 e. The maximum atomic E-state index is 12.2. The third-order valence-corrected chi connectivity index (χ3v) is 5.71. The minimum atomic E-state index is -0.274. The number of nitrogens with one attached hydrogen (secondary N) is 3. The number of amides is 2. The van der Waals surface area contributed by atoms with Crippen molar-refractivity contribution in [1.82, 2.24) is 9.97 Å². The number of anilines is 3. The van der Waals surface area contributed by atoms with E-state index >= 15 is 0 Å². The Balaban J connectivity index is 1.20. The van der Waals surface area contributed by atoms with Gasteiger partial charge in [0.2, 0.25) is 5.71 Å². The summed E-state index contributed by atoms with van der Waals surface area (Å²) in [4.78, 5) is 20.9. The van der Waals surface area contributed by atoms with Gasteiger partial charge in [0.25, 0.3) is 0 Å². The van der Waals surface area contributed by atoms with Crippen LogP contribution in [0.4, 0.5) is 22.0 Å². The molecule has 0 saturated carbocycles. The van der Waals surface area contributed by atoms with Crippen molar-refractivity contribution in [1.29, 1.82) is 0 Å². The first-order valence-corrected chi connectivity index (χ1v) is 11.4. The number of para-hydroxylation sites is 1. The van der Waals surface area contributed by atoms with Crippen molar-refractivity contribution in [2.45, 2.75) is 6.42 Å². The molecule has 0 unspecified atom stereocenters. The molecule has 0 saturated heterocycles. The Morgan fingerprint density at radius 3 is 2.20 bits per heavy atom. The zero-order chi connectivity index (χ0) is 24.0. The molecule has 3 aromatic carbocycles.